The van der Waals surface area contributed by atoms with Crippen LogP contribution in [0, 0.1) is 13.8 Å². The van der Waals surface area contributed by atoms with Crippen molar-refractivity contribution in [1.29, 1.82) is 0 Å². The number of rotatable bonds is 5. The van der Waals surface area contributed by atoms with Gasteiger partial charge in [0, 0.05) is 19.5 Å². The van der Waals surface area contributed by atoms with Crippen LogP contribution in [0.5, 0.6) is 0 Å². The van der Waals surface area contributed by atoms with Gasteiger partial charge in [0.05, 0.1) is 0 Å². The molecular weight excluding hydrogens is 198 g/mol. The second-order valence-corrected chi connectivity index (χ2v) is 4.61. The summed E-state index contributed by atoms with van der Waals surface area (Å²) in [5.74, 6) is 0.256. The van der Waals surface area contributed by atoms with Gasteiger partial charge in [0.15, 0.2) is 0 Å². The lowest BCUT2D eigenvalue weighted by Gasteiger charge is -2.16. The standard InChI is InChI=1S/C14H21NO/c1-11-5-6-14(9-12(11)2)10-15(4)8-7-13(3)16/h5-6,9H,7-8,10H2,1-4H3. The van der Waals surface area contributed by atoms with Crippen molar-refractivity contribution in [2.75, 3.05) is 13.6 Å². The Bertz CT molecular complexity index is 371. The third-order valence-electron chi connectivity index (χ3n) is 2.87. The van der Waals surface area contributed by atoms with Crippen molar-refractivity contribution < 1.29 is 4.79 Å². The summed E-state index contributed by atoms with van der Waals surface area (Å²) in [6.45, 7) is 7.65. The Hall–Kier alpha value is -1.15. The molecule has 0 spiro atoms. The van der Waals surface area contributed by atoms with E-state index >= 15 is 0 Å². The molecule has 2 nitrogen and oxygen atoms in total. The van der Waals surface area contributed by atoms with E-state index < -0.39 is 0 Å². The molecule has 0 aliphatic carbocycles. The van der Waals surface area contributed by atoms with E-state index in [9.17, 15) is 4.79 Å². The van der Waals surface area contributed by atoms with Gasteiger partial charge in [-0.15, -0.1) is 0 Å². The molecule has 0 saturated carbocycles. The molecule has 0 unspecified atom stereocenters. The number of nitrogens with zero attached hydrogens (tertiary/aromatic N) is 1. The Morgan fingerprint density at radius 1 is 1.25 bits per heavy atom. The number of aryl methyl sites for hydroxylation is 2. The summed E-state index contributed by atoms with van der Waals surface area (Å²) in [4.78, 5) is 13.1. The molecule has 0 aliphatic heterocycles. The lowest BCUT2D eigenvalue weighted by Crippen LogP contribution is -2.20. The van der Waals surface area contributed by atoms with Crippen LogP contribution in [-0.4, -0.2) is 24.3 Å². The lowest BCUT2D eigenvalue weighted by atomic mass is 10.1. The molecule has 1 aromatic carbocycles. The van der Waals surface area contributed by atoms with Gasteiger partial charge in [0.25, 0.3) is 0 Å². The Balaban J connectivity index is 2.52. The second-order valence-electron chi connectivity index (χ2n) is 4.61. The highest BCUT2D eigenvalue weighted by molar-refractivity contribution is 5.75. The van der Waals surface area contributed by atoms with Crippen molar-refractivity contribution in [2.24, 2.45) is 0 Å². The van der Waals surface area contributed by atoms with E-state index in [0.717, 1.165) is 13.1 Å². The number of Topliss-reactive ketones (excluding diaryl/α,β-unsaturated/α-hetero) is 1. The molecule has 2 heteroatoms. The highest BCUT2D eigenvalue weighted by Crippen LogP contribution is 2.11. The molecule has 0 aliphatic rings. The van der Waals surface area contributed by atoms with Gasteiger partial charge in [0.2, 0.25) is 0 Å². The van der Waals surface area contributed by atoms with Crippen LogP contribution in [0.2, 0.25) is 0 Å². The summed E-state index contributed by atoms with van der Waals surface area (Å²) < 4.78 is 0. The van der Waals surface area contributed by atoms with Crippen molar-refractivity contribution in [3.05, 3.63) is 34.9 Å². The summed E-state index contributed by atoms with van der Waals surface area (Å²) in [5.41, 5.74) is 3.97. The molecule has 1 rings (SSSR count). The number of carbonyl (C=O) groups excluding carboxylic acids is 1. The van der Waals surface area contributed by atoms with E-state index in [4.69, 9.17) is 0 Å². The van der Waals surface area contributed by atoms with E-state index in [0.29, 0.717) is 6.42 Å². The van der Waals surface area contributed by atoms with Gasteiger partial charge in [-0.2, -0.15) is 0 Å². The Kier molecular flexibility index (Phi) is 4.69. The van der Waals surface area contributed by atoms with Gasteiger partial charge < -0.3 is 4.90 Å². The zero-order valence-corrected chi connectivity index (χ0v) is 10.7. The van der Waals surface area contributed by atoms with Crippen LogP contribution in [0.25, 0.3) is 0 Å². The van der Waals surface area contributed by atoms with Crippen molar-refractivity contribution in [1.82, 2.24) is 4.90 Å². The smallest absolute Gasteiger partial charge is 0.131 e. The number of benzene rings is 1. The largest absolute Gasteiger partial charge is 0.302 e. The van der Waals surface area contributed by atoms with Crippen molar-refractivity contribution >= 4 is 5.78 Å². The zero-order valence-electron chi connectivity index (χ0n) is 10.7. The minimum Gasteiger partial charge on any atom is -0.302 e. The fourth-order valence-corrected chi connectivity index (χ4v) is 1.64. The average molecular weight is 219 g/mol. The van der Waals surface area contributed by atoms with Crippen molar-refractivity contribution in [3.8, 4) is 0 Å². The molecular formula is C14H21NO. The van der Waals surface area contributed by atoms with E-state index in [2.05, 4.69) is 44.0 Å². The maximum atomic E-state index is 10.9. The molecule has 1 aromatic rings. The normalized spacial score (nSPS) is 10.8. The average Bonchev–Trinajstić information content (AvgIpc) is 2.21. The molecule has 0 saturated heterocycles. The summed E-state index contributed by atoms with van der Waals surface area (Å²) in [7, 11) is 2.05. The first kappa shape index (κ1) is 12.9. The van der Waals surface area contributed by atoms with Crippen LogP contribution in [0.15, 0.2) is 18.2 Å². The first-order valence-corrected chi connectivity index (χ1v) is 5.73. The first-order chi connectivity index (χ1) is 7.49. The Morgan fingerprint density at radius 3 is 2.50 bits per heavy atom. The molecule has 0 radical (unpaired) electrons. The van der Waals surface area contributed by atoms with Crippen LogP contribution >= 0.6 is 0 Å². The fourth-order valence-electron chi connectivity index (χ4n) is 1.64. The van der Waals surface area contributed by atoms with Crippen molar-refractivity contribution in [3.63, 3.8) is 0 Å². The number of hydrogen-bond acceptors (Lipinski definition) is 2. The van der Waals surface area contributed by atoms with Gasteiger partial charge in [-0.3, -0.25) is 4.79 Å². The fraction of sp³-hybridized carbons (Fsp3) is 0.500. The van der Waals surface area contributed by atoms with Crippen molar-refractivity contribution in [2.45, 2.75) is 33.7 Å². The predicted molar refractivity (Wildman–Crippen MR) is 67.5 cm³/mol. The zero-order chi connectivity index (χ0) is 12.1. The first-order valence-electron chi connectivity index (χ1n) is 5.73. The van der Waals surface area contributed by atoms with Gasteiger partial charge in [-0.1, -0.05) is 18.2 Å². The van der Waals surface area contributed by atoms with Crippen LogP contribution in [0.3, 0.4) is 0 Å². The van der Waals surface area contributed by atoms with Crippen LogP contribution < -0.4 is 0 Å². The molecule has 0 atom stereocenters. The van der Waals surface area contributed by atoms with E-state index in [-0.39, 0.29) is 5.78 Å². The molecule has 0 fully saturated rings. The van der Waals surface area contributed by atoms with E-state index in [1.807, 2.05) is 0 Å². The topological polar surface area (TPSA) is 20.3 Å². The molecule has 0 heterocycles. The summed E-state index contributed by atoms with van der Waals surface area (Å²) in [6.07, 6.45) is 0.640. The second kappa shape index (κ2) is 5.80. The minimum atomic E-state index is 0.256. The van der Waals surface area contributed by atoms with Gasteiger partial charge in [0.1, 0.15) is 5.78 Å². The monoisotopic (exact) mass is 219 g/mol. The number of hydrogen-bond donors (Lipinski definition) is 0. The summed E-state index contributed by atoms with van der Waals surface area (Å²) >= 11 is 0. The maximum Gasteiger partial charge on any atom is 0.131 e. The predicted octanol–water partition coefficient (Wildman–Crippen LogP) is 2.71. The highest BCUT2D eigenvalue weighted by atomic mass is 16.1. The van der Waals surface area contributed by atoms with E-state index in [1.165, 1.54) is 16.7 Å². The van der Waals surface area contributed by atoms with Crippen LogP contribution in [0.1, 0.15) is 30.0 Å². The third-order valence-corrected chi connectivity index (χ3v) is 2.87. The van der Waals surface area contributed by atoms with Gasteiger partial charge >= 0.3 is 0 Å². The van der Waals surface area contributed by atoms with Gasteiger partial charge in [-0.05, 0) is 44.5 Å². The highest BCUT2D eigenvalue weighted by Gasteiger charge is 2.03. The molecule has 16 heavy (non-hydrogen) atoms. The third kappa shape index (κ3) is 4.15. The maximum absolute atomic E-state index is 10.9. The Labute approximate surface area is 98.3 Å². The number of ketones is 1. The molecule has 0 amide bonds. The quantitative estimate of drug-likeness (QED) is 0.759. The SMILES string of the molecule is CC(=O)CCN(C)Cc1ccc(C)c(C)c1. The molecule has 0 aromatic heterocycles. The van der Waals surface area contributed by atoms with Crippen LogP contribution in [0.4, 0.5) is 0 Å². The summed E-state index contributed by atoms with van der Waals surface area (Å²) in [6, 6.07) is 6.54. The van der Waals surface area contributed by atoms with E-state index in [1.54, 1.807) is 6.92 Å². The number of carbonyl (C=O) groups is 1. The van der Waals surface area contributed by atoms with Crippen LogP contribution in [-0.2, 0) is 11.3 Å². The molecule has 0 bridgehead atoms. The Morgan fingerprint density at radius 2 is 1.94 bits per heavy atom. The minimum absolute atomic E-state index is 0.256. The molecule has 0 N–H and O–H groups in total. The summed E-state index contributed by atoms with van der Waals surface area (Å²) in [5, 5.41) is 0. The lowest BCUT2D eigenvalue weighted by molar-refractivity contribution is -0.117. The molecule has 88 valence electrons. The van der Waals surface area contributed by atoms with Gasteiger partial charge in [-0.25, -0.2) is 0 Å².